The second kappa shape index (κ2) is 9.09. The van der Waals surface area contributed by atoms with Gasteiger partial charge >= 0.3 is 6.18 Å². The molecule has 1 fully saturated rings. The Morgan fingerprint density at radius 1 is 1.26 bits per heavy atom. The van der Waals surface area contributed by atoms with E-state index in [1.165, 1.54) is 12.1 Å². The minimum Gasteiger partial charge on any atom is -0.457 e. The van der Waals surface area contributed by atoms with Gasteiger partial charge in [0.15, 0.2) is 5.69 Å². The first-order valence-electron chi connectivity index (χ1n) is 10.2. The largest absolute Gasteiger partial charge is 0.457 e. The highest BCUT2D eigenvalue weighted by Gasteiger charge is 2.42. The second-order valence-corrected chi connectivity index (χ2v) is 8.71. The number of carbonyl (C=O) groups excluding carboxylic acids is 1. The molecular formula is C22H18BrF3N4O4. The van der Waals surface area contributed by atoms with E-state index in [0.29, 0.717) is 24.3 Å². The zero-order chi connectivity index (χ0) is 24.6. The second-order valence-electron chi connectivity index (χ2n) is 7.92. The maximum atomic E-state index is 13.3. The molecule has 178 valence electrons. The number of halogens is 4. The molecular weight excluding hydrogens is 521 g/mol. The zero-order valence-corrected chi connectivity index (χ0v) is 19.3. The number of aryl methyl sites for hydroxylation is 1. The van der Waals surface area contributed by atoms with Gasteiger partial charge in [-0.15, -0.1) is 0 Å². The van der Waals surface area contributed by atoms with Crippen LogP contribution in [-0.4, -0.2) is 20.6 Å². The number of nitro groups is 1. The lowest BCUT2D eigenvalue weighted by molar-refractivity contribution is -0.384. The topological polar surface area (TPSA) is 99.3 Å². The van der Waals surface area contributed by atoms with E-state index in [4.69, 9.17) is 4.74 Å². The van der Waals surface area contributed by atoms with Crippen LogP contribution in [0.25, 0.3) is 0 Å². The van der Waals surface area contributed by atoms with Crippen LogP contribution in [0.3, 0.4) is 0 Å². The predicted octanol–water partition coefficient (Wildman–Crippen LogP) is 6.19. The van der Waals surface area contributed by atoms with Crippen LogP contribution >= 0.6 is 15.9 Å². The van der Waals surface area contributed by atoms with Gasteiger partial charge in [-0.2, -0.15) is 18.3 Å². The van der Waals surface area contributed by atoms with Crippen molar-refractivity contribution >= 4 is 33.2 Å². The van der Waals surface area contributed by atoms with Crippen LogP contribution in [0.1, 0.15) is 35.7 Å². The number of rotatable bonds is 7. The SMILES string of the molecule is Cc1cccc(Oc2cc(NC(=O)Cn3nc(C(F)(F)F)c(Br)c3C3CC3)cc([N+](=O)[O-])c2)c1. The molecule has 1 heterocycles. The molecule has 34 heavy (non-hydrogen) atoms. The molecule has 0 unspecified atom stereocenters. The number of carbonyl (C=O) groups is 1. The molecule has 2 aromatic carbocycles. The predicted molar refractivity (Wildman–Crippen MR) is 120 cm³/mol. The summed E-state index contributed by atoms with van der Waals surface area (Å²) >= 11 is 2.98. The highest BCUT2D eigenvalue weighted by molar-refractivity contribution is 9.10. The molecule has 0 atom stereocenters. The molecule has 0 spiro atoms. The highest BCUT2D eigenvalue weighted by Crippen LogP contribution is 2.47. The van der Waals surface area contributed by atoms with Crippen molar-refractivity contribution in [3.8, 4) is 11.5 Å². The summed E-state index contributed by atoms with van der Waals surface area (Å²) < 4.78 is 46.4. The van der Waals surface area contributed by atoms with E-state index in [0.717, 1.165) is 16.3 Å². The first-order chi connectivity index (χ1) is 16.0. The van der Waals surface area contributed by atoms with Crippen molar-refractivity contribution in [2.24, 2.45) is 0 Å². The first kappa shape index (κ1) is 23.7. The Morgan fingerprint density at radius 2 is 2.00 bits per heavy atom. The summed E-state index contributed by atoms with van der Waals surface area (Å²) in [6.45, 7) is 1.37. The Kier molecular flexibility index (Phi) is 6.34. The maximum absolute atomic E-state index is 13.3. The van der Waals surface area contributed by atoms with Crippen molar-refractivity contribution in [1.29, 1.82) is 0 Å². The highest BCUT2D eigenvalue weighted by atomic mass is 79.9. The molecule has 1 saturated carbocycles. The number of nitrogens with zero attached hydrogens (tertiary/aromatic N) is 3. The number of non-ortho nitro benzene ring substituents is 1. The third-order valence-corrected chi connectivity index (χ3v) is 5.85. The van der Waals surface area contributed by atoms with Crippen LogP contribution in [0.4, 0.5) is 24.5 Å². The third kappa shape index (κ3) is 5.38. The van der Waals surface area contributed by atoms with Crippen molar-refractivity contribution in [3.63, 3.8) is 0 Å². The number of hydrogen-bond acceptors (Lipinski definition) is 5. The Balaban J connectivity index is 1.57. The number of ether oxygens (including phenoxy) is 1. The third-order valence-electron chi connectivity index (χ3n) is 5.07. The molecule has 4 rings (SSSR count). The van der Waals surface area contributed by atoms with E-state index in [1.54, 1.807) is 18.2 Å². The van der Waals surface area contributed by atoms with E-state index in [2.05, 4.69) is 26.3 Å². The smallest absolute Gasteiger partial charge is 0.436 e. The van der Waals surface area contributed by atoms with Gasteiger partial charge in [0, 0.05) is 18.1 Å². The van der Waals surface area contributed by atoms with Gasteiger partial charge < -0.3 is 10.1 Å². The van der Waals surface area contributed by atoms with Crippen molar-refractivity contribution in [1.82, 2.24) is 9.78 Å². The van der Waals surface area contributed by atoms with Gasteiger partial charge in [0.2, 0.25) is 5.91 Å². The quantitative estimate of drug-likeness (QED) is 0.285. The van der Waals surface area contributed by atoms with Gasteiger partial charge in [-0.1, -0.05) is 12.1 Å². The summed E-state index contributed by atoms with van der Waals surface area (Å²) in [7, 11) is 0. The number of amides is 1. The average Bonchev–Trinajstić information content (AvgIpc) is 3.50. The molecule has 1 aliphatic rings. The number of benzene rings is 2. The van der Waals surface area contributed by atoms with Crippen molar-refractivity contribution in [2.45, 2.75) is 38.4 Å². The number of nitrogens with one attached hydrogen (secondary N) is 1. The summed E-state index contributed by atoms with van der Waals surface area (Å²) in [6, 6.07) is 10.8. The van der Waals surface area contributed by atoms with Crippen molar-refractivity contribution < 1.29 is 27.6 Å². The van der Waals surface area contributed by atoms with Crippen LogP contribution < -0.4 is 10.1 Å². The Morgan fingerprint density at radius 3 is 2.62 bits per heavy atom. The standard InChI is InChI=1S/C22H18BrF3N4O4/c1-12-3-2-4-16(7-12)34-17-9-14(8-15(10-17)30(32)33)27-18(31)11-29-20(13-5-6-13)19(23)21(28-29)22(24,25)26/h2-4,7-10,13H,5-6,11H2,1H3,(H,27,31). The Labute approximate surface area is 200 Å². The van der Waals surface area contributed by atoms with Gasteiger partial charge in [-0.3, -0.25) is 19.6 Å². The fraction of sp³-hybridized carbons (Fsp3) is 0.273. The molecule has 0 bridgehead atoms. The molecule has 1 aromatic heterocycles. The molecule has 0 saturated heterocycles. The Bertz CT molecular complexity index is 1270. The number of hydrogen-bond donors (Lipinski definition) is 1. The van der Waals surface area contributed by atoms with Gasteiger partial charge in [-0.05, 0) is 53.4 Å². The molecule has 1 amide bonds. The van der Waals surface area contributed by atoms with Gasteiger partial charge in [0.25, 0.3) is 5.69 Å². The molecule has 0 aliphatic heterocycles. The minimum atomic E-state index is -4.67. The van der Waals surface area contributed by atoms with Crippen molar-refractivity contribution in [2.75, 3.05) is 5.32 Å². The monoisotopic (exact) mass is 538 g/mol. The molecule has 1 aliphatic carbocycles. The average molecular weight is 539 g/mol. The van der Waals surface area contributed by atoms with Crippen LogP contribution in [0, 0.1) is 17.0 Å². The first-order valence-corrected chi connectivity index (χ1v) is 11.0. The minimum absolute atomic E-state index is 0.0668. The van der Waals surface area contributed by atoms with Crippen LogP contribution in [-0.2, 0) is 17.5 Å². The van der Waals surface area contributed by atoms with Gasteiger partial charge in [0.1, 0.15) is 18.0 Å². The summed E-state index contributed by atoms with van der Waals surface area (Å²) in [5.74, 6) is -0.228. The van der Waals surface area contributed by atoms with Gasteiger partial charge in [-0.25, -0.2) is 0 Å². The van der Waals surface area contributed by atoms with Crippen molar-refractivity contribution in [3.05, 3.63) is 74.0 Å². The maximum Gasteiger partial charge on any atom is 0.436 e. The fourth-order valence-corrected chi connectivity index (χ4v) is 4.31. The number of nitro benzene ring substituents is 1. The van der Waals surface area contributed by atoms with E-state index < -0.39 is 29.2 Å². The number of alkyl halides is 3. The van der Waals surface area contributed by atoms with E-state index >= 15 is 0 Å². The van der Waals surface area contributed by atoms with Gasteiger partial charge in [0.05, 0.1) is 26.8 Å². The van der Waals surface area contributed by atoms with E-state index in [9.17, 15) is 28.1 Å². The normalized spacial score (nSPS) is 13.6. The lowest BCUT2D eigenvalue weighted by atomic mass is 10.2. The van der Waals surface area contributed by atoms with E-state index in [1.807, 2.05) is 13.0 Å². The summed E-state index contributed by atoms with van der Waals surface area (Å²) in [4.78, 5) is 23.4. The lowest BCUT2D eigenvalue weighted by Gasteiger charge is -2.11. The Hall–Kier alpha value is -3.41. The number of anilines is 1. The summed E-state index contributed by atoms with van der Waals surface area (Å²) in [5.41, 5.74) is -0.111. The molecule has 3 aromatic rings. The number of aromatic nitrogens is 2. The molecule has 0 radical (unpaired) electrons. The lowest BCUT2D eigenvalue weighted by Crippen LogP contribution is -2.21. The molecule has 1 N–H and O–H groups in total. The van der Waals surface area contributed by atoms with Crippen LogP contribution in [0.15, 0.2) is 46.9 Å². The summed E-state index contributed by atoms with van der Waals surface area (Å²) in [5, 5.41) is 17.5. The van der Waals surface area contributed by atoms with Crippen LogP contribution in [0.5, 0.6) is 11.5 Å². The van der Waals surface area contributed by atoms with Crippen LogP contribution in [0.2, 0.25) is 0 Å². The molecule has 8 nitrogen and oxygen atoms in total. The summed E-state index contributed by atoms with van der Waals surface area (Å²) in [6.07, 6.45) is -3.27. The zero-order valence-electron chi connectivity index (χ0n) is 17.7. The van der Waals surface area contributed by atoms with E-state index in [-0.39, 0.29) is 27.5 Å². The fourth-order valence-electron chi connectivity index (χ4n) is 3.47. The molecule has 12 heteroatoms.